The van der Waals surface area contributed by atoms with Crippen molar-refractivity contribution in [3.63, 3.8) is 0 Å². The molecule has 1 fully saturated rings. The Morgan fingerprint density at radius 2 is 2.21 bits per heavy atom. The molecular formula is C15H30N2O2. The molecule has 1 aliphatic heterocycles. The molecule has 4 heteroatoms. The molecule has 0 aromatic carbocycles. The summed E-state index contributed by atoms with van der Waals surface area (Å²) in [5.74, 6) is 0.120. The van der Waals surface area contributed by atoms with Crippen molar-refractivity contribution in [1.82, 2.24) is 10.2 Å². The molecule has 0 aromatic heterocycles. The lowest BCUT2D eigenvalue weighted by molar-refractivity contribution is -0.144. The highest BCUT2D eigenvalue weighted by molar-refractivity contribution is 5.78. The van der Waals surface area contributed by atoms with E-state index in [1.54, 1.807) is 14.0 Å². The fourth-order valence-corrected chi connectivity index (χ4v) is 2.84. The maximum Gasteiger partial charge on any atom is 0.323 e. The Balaban J connectivity index is 2.21. The molecule has 2 atom stereocenters. The van der Waals surface area contributed by atoms with Gasteiger partial charge >= 0.3 is 5.97 Å². The lowest BCUT2D eigenvalue weighted by Gasteiger charge is -2.32. The number of rotatable bonds is 8. The summed E-state index contributed by atoms with van der Waals surface area (Å²) < 4.78 is 0. The van der Waals surface area contributed by atoms with E-state index in [-0.39, 0.29) is 0 Å². The summed E-state index contributed by atoms with van der Waals surface area (Å²) in [6, 6.07) is 0. The van der Waals surface area contributed by atoms with Crippen LogP contribution in [-0.2, 0) is 4.79 Å². The topological polar surface area (TPSA) is 52.6 Å². The SMILES string of the molecule is CCC1CCCN(CCCCC(C)(NC)C(=O)O)C1. The van der Waals surface area contributed by atoms with Crippen LogP contribution >= 0.6 is 0 Å². The predicted octanol–water partition coefficient (Wildman–Crippen LogP) is 2.34. The molecule has 2 unspecified atom stereocenters. The Morgan fingerprint density at radius 3 is 2.79 bits per heavy atom. The molecular weight excluding hydrogens is 240 g/mol. The number of nitrogens with one attached hydrogen (secondary N) is 1. The number of aliphatic carboxylic acids is 1. The average molecular weight is 270 g/mol. The zero-order valence-corrected chi connectivity index (χ0v) is 12.7. The number of carboxylic acids is 1. The minimum absolute atomic E-state index is 0.698. The summed E-state index contributed by atoms with van der Waals surface area (Å²) in [6.45, 7) is 7.62. The van der Waals surface area contributed by atoms with Gasteiger partial charge in [-0.3, -0.25) is 4.79 Å². The number of nitrogens with zero attached hydrogens (tertiary/aromatic N) is 1. The molecule has 0 aromatic rings. The van der Waals surface area contributed by atoms with Gasteiger partial charge in [0.2, 0.25) is 0 Å². The zero-order chi connectivity index (χ0) is 14.3. The fraction of sp³-hybridized carbons (Fsp3) is 0.933. The van der Waals surface area contributed by atoms with Crippen molar-refractivity contribution in [3.05, 3.63) is 0 Å². The number of piperidine rings is 1. The van der Waals surface area contributed by atoms with Crippen LogP contribution in [0.15, 0.2) is 0 Å². The first-order valence-electron chi connectivity index (χ1n) is 7.66. The predicted molar refractivity (Wildman–Crippen MR) is 78.4 cm³/mol. The molecule has 1 saturated heterocycles. The molecule has 1 heterocycles. The van der Waals surface area contributed by atoms with Crippen LogP contribution in [0.25, 0.3) is 0 Å². The monoisotopic (exact) mass is 270 g/mol. The van der Waals surface area contributed by atoms with Crippen LogP contribution in [0.4, 0.5) is 0 Å². The molecule has 0 saturated carbocycles. The fourth-order valence-electron chi connectivity index (χ4n) is 2.84. The minimum Gasteiger partial charge on any atom is -0.480 e. The van der Waals surface area contributed by atoms with Gasteiger partial charge in [0.25, 0.3) is 0 Å². The van der Waals surface area contributed by atoms with Crippen LogP contribution in [0.1, 0.15) is 52.4 Å². The molecule has 0 aliphatic carbocycles. The van der Waals surface area contributed by atoms with Gasteiger partial charge in [-0.05, 0) is 65.1 Å². The Hall–Kier alpha value is -0.610. The molecule has 0 amide bonds. The van der Waals surface area contributed by atoms with E-state index in [9.17, 15) is 9.90 Å². The first kappa shape index (κ1) is 16.4. The molecule has 4 nitrogen and oxygen atoms in total. The van der Waals surface area contributed by atoms with E-state index in [2.05, 4.69) is 17.1 Å². The van der Waals surface area contributed by atoms with E-state index in [4.69, 9.17) is 0 Å². The Morgan fingerprint density at radius 1 is 1.47 bits per heavy atom. The zero-order valence-electron chi connectivity index (χ0n) is 12.7. The van der Waals surface area contributed by atoms with Gasteiger partial charge in [0.05, 0.1) is 0 Å². The van der Waals surface area contributed by atoms with Gasteiger partial charge in [-0.2, -0.15) is 0 Å². The third-order valence-corrected chi connectivity index (χ3v) is 4.61. The number of likely N-dealkylation sites (N-methyl/N-ethyl adjacent to an activating group) is 1. The normalized spacial score (nSPS) is 24.1. The van der Waals surface area contributed by atoms with Crippen molar-refractivity contribution in [3.8, 4) is 0 Å². The first-order valence-corrected chi connectivity index (χ1v) is 7.66. The van der Waals surface area contributed by atoms with E-state index in [0.29, 0.717) is 6.42 Å². The summed E-state index contributed by atoms with van der Waals surface area (Å²) >= 11 is 0. The average Bonchev–Trinajstić information content (AvgIpc) is 2.43. The van der Waals surface area contributed by atoms with Crippen LogP contribution in [-0.4, -0.2) is 48.2 Å². The molecule has 1 aliphatic rings. The summed E-state index contributed by atoms with van der Waals surface area (Å²) in [5.41, 5.74) is -0.770. The van der Waals surface area contributed by atoms with Gasteiger partial charge in [0.1, 0.15) is 5.54 Å². The van der Waals surface area contributed by atoms with Gasteiger partial charge < -0.3 is 15.3 Å². The molecule has 0 radical (unpaired) electrons. The summed E-state index contributed by atoms with van der Waals surface area (Å²) in [6.07, 6.45) is 6.75. The third kappa shape index (κ3) is 5.11. The van der Waals surface area contributed by atoms with Crippen molar-refractivity contribution in [2.24, 2.45) is 5.92 Å². The summed E-state index contributed by atoms with van der Waals surface area (Å²) in [5, 5.41) is 12.1. The van der Waals surface area contributed by atoms with Crippen LogP contribution in [0.3, 0.4) is 0 Å². The quantitative estimate of drug-likeness (QED) is 0.665. The number of hydrogen-bond donors (Lipinski definition) is 2. The molecule has 19 heavy (non-hydrogen) atoms. The lowest BCUT2D eigenvalue weighted by Crippen LogP contribution is -2.47. The largest absolute Gasteiger partial charge is 0.480 e. The summed E-state index contributed by atoms with van der Waals surface area (Å²) in [7, 11) is 1.73. The minimum atomic E-state index is -0.770. The molecule has 112 valence electrons. The second-order valence-electron chi connectivity index (χ2n) is 6.06. The highest BCUT2D eigenvalue weighted by Crippen LogP contribution is 2.20. The van der Waals surface area contributed by atoms with Gasteiger partial charge in [0.15, 0.2) is 0 Å². The molecule has 0 spiro atoms. The van der Waals surface area contributed by atoms with Crippen molar-refractivity contribution in [2.45, 2.75) is 57.9 Å². The van der Waals surface area contributed by atoms with Crippen LogP contribution in [0.2, 0.25) is 0 Å². The van der Waals surface area contributed by atoms with Gasteiger partial charge in [0, 0.05) is 6.54 Å². The Labute approximate surface area is 117 Å². The van der Waals surface area contributed by atoms with Crippen LogP contribution < -0.4 is 5.32 Å². The second kappa shape index (κ2) is 7.85. The lowest BCUT2D eigenvalue weighted by atomic mass is 9.94. The summed E-state index contributed by atoms with van der Waals surface area (Å²) in [4.78, 5) is 13.7. The van der Waals surface area contributed by atoms with Crippen molar-refractivity contribution in [1.29, 1.82) is 0 Å². The standard InChI is InChI=1S/C15H30N2O2/c1-4-13-8-7-11-17(12-13)10-6-5-9-15(2,16-3)14(18)19/h13,16H,4-12H2,1-3H3,(H,18,19). The Kier molecular flexibility index (Phi) is 6.80. The third-order valence-electron chi connectivity index (χ3n) is 4.61. The maximum absolute atomic E-state index is 11.2. The van der Waals surface area contributed by atoms with Crippen molar-refractivity contribution < 1.29 is 9.90 Å². The van der Waals surface area contributed by atoms with E-state index < -0.39 is 11.5 Å². The maximum atomic E-state index is 11.2. The number of carbonyl (C=O) groups is 1. The Bertz CT molecular complexity index is 283. The van der Waals surface area contributed by atoms with Crippen molar-refractivity contribution >= 4 is 5.97 Å². The van der Waals surface area contributed by atoms with Crippen molar-refractivity contribution in [2.75, 3.05) is 26.7 Å². The first-order chi connectivity index (χ1) is 9.01. The molecule has 0 bridgehead atoms. The van der Waals surface area contributed by atoms with E-state index in [1.165, 1.54) is 32.4 Å². The highest BCUT2D eigenvalue weighted by Gasteiger charge is 2.30. The van der Waals surface area contributed by atoms with Gasteiger partial charge in [-0.1, -0.05) is 13.3 Å². The number of carboxylic acid groups (broad SMARTS) is 1. The number of unbranched alkanes of at least 4 members (excludes halogenated alkanes) is 1. The van der Waals surface area contributed by atoms with Gasteiger partial charge in [-0.15, -0.1) is 0 Å². The van der Waals surface area contributed by atoms with E-state index >= 15 is 0 Å². The van der Waals surface area contributed by atoms with Gasteiger partial charge in [-0.25, -0.2) is 0 Å². The van der Waals surface area contributed by atoms with Crippen LogP contribution in [0, 0.1) is 5.92 Å². The highest BCUT2D eigenvalue weighted by atomic mass is 16.4. The van der Waals surface area contributed by atoms with E-state index in [0.717, 1.165) is 25.3 Å². The molecule has 2 N–H and O–H groups in total. The smallest absolute Gasteiger partial charge is 0.323 e. The van der Waals surface area contributed by atoms with E-state index in [1.807, 2.05) is 0 Å². The number of hydrogen-bond acceptors (Lipinski definition) is 3. The molecule has 1 rings (SSSR count). The second-order valence-corrected chi connectivity index (χ2v) is 6.06. The van der Waals surface area contributed by atoms with Crippen LogP contribution in [0.5, 0.6) is 0 Å². The number of likely N-dealkylation sites (tertiary alicyclic amines) is 1.